The van der Waals surface area contributed by atoms with Gasteiger partial charge in [0, 0.05) is 25.2 Å². The van der Waals surface area contributed by atoms with E-state index in [-0.39, 0.29) is 62.9 Å². The van der Waals surface area contributed by atoms with Gasteiger partial charge in [-0.15, -0.1) is 0 Å². The molecule has 6 heteroatoms. The zero-order valence-electron chi connectivity index (χ0n) is 27.1. The van der Waals surface area contributed by atoms with Gasteiger partial charge in [0.05, 0.1) is 18.8 Å². The first-order chi connectivity index (χ1) is 19.0. The predicted octanol–water partition coefficient (Wildman–Crippen LogP) is 6.47. The fraction of sp³-hybridized carbons (Fsp3) is 0.886. The maximum Gasteiger partial charge on any atom is 0.302 e. The molecule has 0 heterocycles. The van der Waals surface area contributed by atoms with Crippen LogP contribution < -0.4 is 0 Å². The number of esters is 2. The summed E-state index contributed by atoms with van der Waals surface area (Å²) in [6, 6.07) is 0. The Morgan fingerprint density at radius 2 is 1.63 bits per heavy atom. The molecule has 0 aromatic carbocycles. The standard InChI is InChI=1S/C35H56O6/c1-20(2)24-18-26(39)30-34(9)13-10-23-29(33(34,8)14-15-35(24,30)16-17-40-21(3)36)25(38)19-27-31(5,6)28(41-22(4)37)11-12-32(23,27)7/h10,20,24-30,38-39H,11-19H2,1-9H3/t24-,25-,26+,27-,28-,29-,30+,32+,33-,34+,35+/m0/s1. The molecule has 2 N–H and O–H groups in total. The van der Waals surface area contributed by atoms with Crippen LogP contribution in [0.2, 0.25) is 0 Å². The van der Waals surface area contributed by atoms with Gasteiger partial charge in [-0.3, -0.25) is 9.59 Å². The second kappa shape index (κ2) is 10.1. The molecule has 6 nitrogen and oxygen atoms in total. The van der Waals surface area contributed by atoms with Crippen LogP contribution in [0, 0.1) is 56.7 Å². The molecule has 5 aliphatic carbocycles. The summed E-state index contributed by atoms with van der Waals surface area (Å²) < 4.78 is 11.4. The molecule has 0 aromatic rings. The monoisotopic (exact) mass is 572 g/mol. The molecular formula is C35H56O6. The van der Waals surface area contributed by atoms with Crippen LogP contribution in [0.25, 0.3) is 0 Å². The lowest BCUT2D eigenvalue weighted by molar-refractivity contribution is -0.212. The van der Waals surface area contributed by atoms with E-state index in [4.69, 9.17) is 9.47 Å². The van der Waals surface area contributed by atoms with Crippen molar-refractivity contribution < 1.29 is 29.3 Å². The summed E-state index contributed by atoms with van der Waals surface area (Å²) in [7, 11) is 0. The quantitative estimate of drug-likeness (QED) is 0.290. The van der Waals surface area contributed by atoms with Crippen molar-refractivity contribution in [2.24, 2.45) is 56.7 Å². The predicted molar refractivity (Wildman–Crippen MR) is 159 cm³/mol. The molecule has 4 saturated carbocycles. The highest BCUT2D eigenvalue weighted by atomic mass is 16.5. The van der Waals surface area contributed by atoms with Crippen LogP contribution >= 0.6 is 0 Å². The third kappa shape index (κ3) is 4.30. The molecule has 11 atom stereocenters. The van der Waals surface area contributed by atoms with Crippen molar-refractivity contribution in [2.75, 3.05) is 6.61 Å². The van der Waals surface area contributed by atoms with Crippen LogP contribution in [-0.4, -0.2) is 47.1 Å². The maximum atomic E-state index is 12.1. The van der Waals surface area contributed by atoms with E-state index in [0.29, 0.717) is 24.9 Å². The Hall–Kier alpha value is -1.40. The van der Waals surface area contributed by atoms with Gasteiger partial charge in [-0.2, -0.15) is 0 Å². The number of carbonyl (C=O) groups is 2. The highest BCUT2D eigenvalue weighted by Crippen LogP contribution is 2.77. The first-order valence-corrected chi connectivity index (χ1v) is 16.3. The average Bonchev–Trinajstić information content (AvgIpc) is 3.16. The smallest absolute Gasteiger partial charge is 0.302 e. The lowest BCUT2D eigenvalue weighted by Gasteiger charge is -2.70. The van der Waals surface area contributed by atoms with Crippen LogP contribution in [0.5, 0.6) is 0 Å². The van der Waals surface area contributed by atoms with Crippen molar-refractivity contribution in [3.63, 3.8) is 0 Å². The second-order valence-corrected chi connectivity index (χ2v) is 16.4. The zero-order valence-corrected chi connectivity index (χ0v) is 27.1. The van der Waals surface area contributed by atoms with Gasteiger partial charge in [0.15, 0.2) is 0 Å². The Labute approximate surface area is 248 Å². The third-order valence-corrected chi connectivity index (χ3v) is 14.0. The molecular weight excluding hydrogens is 516 g/mol. The molecule has 5 rings (SSSR count). The van der Waals surface area contributed by atoms with Gasteiger partial charge in [-0.1, -0.05) is 60.1 Å². The molecule has 0 bridgehead atoms. The number of rotatable bonds is 5. The summed E-state index contributed by atoms with van der Waals surface area (Å²) in [5.41, 5.74) is 0.677. The van der Waals surface area contributed by atoms with Crippen LogP contribution in [0.15, 0.2) is 11.6 Å². The van der Waals surface area contributed by atoms with Crippen molar-refractivity contribution in [1.82, 2.24) is 0 Å². The van der Waals surface area contributed by atoms with Gasteiger partial charge in [0.1, 0.15) is 6.10 Å². The van der Waals surface area contributed by atoms with Crippen LogP contribution in [0.4, 0.5) is 0 Å². The number of hydrogen-bond acceptors (Lipinski definition) is 6. The van der Waals surface area contributed by atoms with E-state index in [1.807, 2.05) is 0 Å². The van der Waals surface area contributed by atoms with Crippen LogP contribution in [0.1, 0.15) is 114 Å². The second-order valence-electron chi connectivity index (χ2n) is 16.4. The average molecular weight is 573 g/mol. The van der Waals surface area contributed by atoms with Crippen molar-refractivity contribution in [1.29, 1.82) is 0 Å². The van der Waals surface area contributed by atoms with E-state index >= 15 is 0 Å². The van der Waals surface area contributed by atoms with E-state index in [2.05, 4.69) is 54.5 Å². The molecule has 232 valence electrons. The summed E-state index contributed by atoms with van der Waals surface area (Å²) >= 11 is 0. The minimum Gasteiger partial charge on any atom is -0.466 e. The lowest BCUT2D eigenvalue weighted by Crippen LogP contribution is -2.66. The summed E-state index contributed by atoms with van der Waals surface area (Å²) in [4.78, 5) is 23.7. The van der Waals surface area contributed by atoms with Gasteiger partial charge >= 0.3 is 11.9 Å². The normalized spacial score (nSPS) is 48.3. The number of allylic oxidation sites excluding steroid dienone is 1. The number of fused-ring (bicyclic) bond motifs is 7. The topological polar surface area (TPSA) is 93.1 Å². The maximum absolute atomic E-state index is 12.1. The number of ether oxygens (including phenoxy) is 2. The van der Waals surface area contributed by atoms with Crippen molar-refractivity contribution >= 4 is 11.9 Å². The van der Waals surface area contributed by atoms with Crippen LogP contribution in [-0.2, 0) is 19.1 Å². The first kappa shape index (κ1) is 31.0. The Balaban J connectivity index is 1.56. The Kier molecular flexibility index (Phi) is 7.63. The van der Waals surface area contributed by atoms with Gasteiger partial charge < -0.3 is 19.7 Å². The SMILES string of the molecule is CC(=O)OCC[C@@]12CC[C@@]3(C)[C@H]4C(=CC[C@]3(C)[C@H]1[C@H](O)C[C@H]2C(C)C)[C@@]1(C)CC[C@H](OC(C)=O)C(C)(C)[C@@H]1C[C@@H]4O. The summed E-state index contributed by atoms with van der Waals surface area (Å²) in [6.07, 6.45) is 8.41. The molecule has 0 spiro atoms. The molecule has 0 aliphatic heterocycles. The fourth-order valence-corrected chi connectivity index (χ4v) is 12.2. The minimum absolute atomic E-state index is 0.0420. The molecule has 4 fully saturated rings. The summed E-state index contributed by atoms with van der Waals surface area (Å²) in [5, 5.41) is 24.0. The highest BCUT2D eigenvalue weighted by Gasteiger charge is 2.72. The minimum atomic E-state index is -0.479. The molecule has 0 saturated heterocycles. The van der Waals surface area contributed by atoms with Gasteiger partial charge in [0.2, 0.25) is 0 Å². The van der Waals surface area contributed by atoms with E-state index in [9.17, 15) is 19.8 Å². The number of carbonyl (C=O) groups excluding carboxylic acids is 2. The molecule has 5 aliphatic rings. The summed E-state index contributed by atoms with van der Waals surface area (Å²) in [5.74, 6) is 0.685. The van der Waals surface area contributed by atoms with E-state index < -0.39 is 12.2 Å². The van der Waals surface area contributed by atoms with E-state index in [1.165, 1.54) is 19.4 Å². The van der Waals surface area contributed by atoms with Crippen molar-refractivity contribution in [2.45, 2.75) is 132 Å². The van der Waals surface area contributed by atoms with Gasteiger partial charge in [0.25, 0.3) is 0 Å². The third-order valence-electron chi connectivity index (χ3n) is 14.0. The fourth-order valence-electron chi connectivity index (χ4n) is 12.2. The Bertz CT molecular complexity index is 1090. The molecule has 0 radical (unpaired) electrons. The Morgan fingerprint density at radius 3 is 2.24 bits per heavy atom. The first-order valence-electron chi connectivity index (χ1n) is 16.3. The van der Waals surface area contributed by atoms with Crippen LogP contribution in [0.3, 0.4) is 0 Å². The van der Waals surface area contributed by atoms with Gasteiger partial charge in [-0.05, 0) is 96.7 Å². The van der Waals surface area contributed by atoms with E-state index in [0.717, 1.165) is 44.9 Å². The molecule has 0 amide bonds. The molecule has 0 unspecified atom stereocenters. The molecule has 0 aromatic heterocycles. The lowest BCUT2D eigenvalue weighted by atomic mass is 9.34. The van der Waals surface area contributed by atoms with Gasteiger partial charge in [-0.25, -0.2) is 0 Å². The van der Waals surface area contributed by atoms with Crippen molar-refractivity contribution in [3.05, 3.63) is 11.6 Å². The number of hydrogen-bond donors (Lipinski definition) is 2. The molecule has 41 heavy (non-hydrogen) atoms. The summed E-state index contributed by atoms with van der Waals surface area (Å²) in [6.45, 7) is 19.6. The Morgan fingerprint density at radius 1 is 0.951 bits per heavy atom. The highest BCUT2D eigenvalue weighted by molar-refractivity contribution is 5.66. The number of aliphatic hydroxyl groups is 2. The van der Waals surface area contributed by atoms with E-state index in [1.54, 1.807) is 0 Å². The van der Waals surface area contributed by atoms with Crippen molar-refractivity contribution in [3.8, 4) is 0 Å². The zero-order chi connectivity index (χ0) is 30.3. The number of aliphatic hydroxyl groups excluding tert-OH is 2. The largest absolute Gasteiger partial charge is 0.466 e.